The lowest BCUT2D eigenvalue weighted by Crippen LogP contribution is -2.57. The van der Waals surface area contributed by atoms with Crippen LogP contribution >= 0.6 is 11.6 Å². The van der Waals surface area contributed by atoms with Crippen LogP contribution in [0.25, 0.3) is 0 Å². The third-order valence-electron chi connectivity index (χ3n) is 7.69. The molecule has 0 bridgehead atoms. The van der Waals surface area contributed by atoms with Gasteiger partial charge in [0.05, 0.1) is 0 Å². The first-order chi connectivity index (χ1) is 19.4. The molecule has 41 heavy (non-hydrogen) atoms. The quantitative estimate of drug-likeness (QED) is 0.320. The molecule has 1 aliphatic heterocycles. The molecule has 7 heteroatoms. The normalized spacial score (nSPS) is 15.5. The van der Waals surface area contributed by atoms with Crippen molar-refractivity contribution in [2.45, 2.75) is 92.3 Å². The fraction of sp³-hybridized carbons (Fsp3) is 0.588. The number of carbonyl (C=O) groups excluding carboxylic acids is 2. The van der Waals surface area contributed by atoms with Gasteiger partial charge in [0.2, 0.25) is 11.8 Å². The number of nitrogens with one attached hydrogen (secondary N) is 1. The van der Waals surface area contributed by atoms with Crippen LogP contribution in [0.2, 0.25) is 5.02 Å². The number of halogens is 1. The van der Waals surface area contributed by atoms with Crippen LogP contribution in [0.15, 0.2) is 48.5 Å². The first kappa shape index (κ1) is 34.8. The fourth-order valence-corrected chi connectivity index (χ4v) is 5.66. The number of nitrogens with zero attached hydrogens (tertiary/aromatic N) is 2. The molecule has 2 amide bonds. The minimum atomic E-state index is -0.544. The van der Waals surface area contributed by atoms with E-state index in [1.54, 1.807) is 0 Å². The molecule has 1 fully saturated rings. The molecule has 0 spiro atoms. The van der Waals surface area contributed by atoms with Crippen molar-refractivity contribution in [2.24, 2.45) is 17.6 Å². The van der Waals surface area contributed by atoms with E-state index in [0.717, 1.165) is 25.1 Å². The van der Waals surface area contributed by atoms with Gasteiger partial charge in [0.15, 0.2) is 0 Å². The van der Waals surface area contributed by atoms with Crippen LogP contribution in [0.3, 0.4) is 0 Å². The Morgan fingerprint density at radius 1 is 0.927 bits per heavy atom. The van der Waals surface area contributed by atoms with E-state index in [1.165, 1.54) is 30.9 Å². The molecule has 0 radical (unpaired) electrons. The van der Waals surface area contributed by atoms with Crippen LogP contribution < -0.4 is 11.1 Å². The molecule has 1 saturated heterocycles. The van der Waals surface area contributed by atoms with Crippen molar-refractivity contribution < 1.29 is 9.59 Å². The summed E-state index contributed by atoms with van der Waals surface area (Å²) >= 11 is 5.97. The highest BCUT2D eigenvalue weighted by Gasteiger charge is 2.31. The number of nitrogens with two attached hydrogens (primary N) is 1. The van der Waals surface area contributed by atoms with Gasteiger partial charge in [0, 0.05) is 56.6 Å². The Bertz CT molecular complexity index is 1050. The van der Waals surface area contributed by atoms with Gasteiger partial charge in [-0.05, 0) is 66.8 Å². The number of rotatable bonds is 11. The highest BCUT2D eigenvalue weighted by atomic mass is 35.5. The molecule has 0 aliphatic carbocycles. The second-order valence-electron chi connectivity index (χ2n) is 12.2. The van der Waals surface area contributed by atoms with Gasteiger partial charge in [-0.1, -0.05) is 82.6 Å². The van der Waals surface area contributed by atoms with E-state index >= 15 is 0 Å². The highest BCUT2D eigenvalue weighted by molar-refractivity contribution is 6.30. The van der Waals surface area contributed by atoms with Gasteiger partial charge in [-0.2, -0.15) is 0 Å². The van der Waals surface area contributed by atoms with E-state index in [1.807, 2.05) is 41.3 Å². The number of aryl methyl sites for hydroxylation is 1. The Kier molecular flexibility index (Phi) is 14.9. The van der Waals surface area contributed by atoms with Gasteiger partial charge < -0.3 is 16.0 Å². The zero-order valence-electron chi connectivity index (χ0n) is 26.3. The molecule has 0 aromatic heterocycles. The van der Waals surface area contributed by atoms with E-state index in [4.69, 9.17) is 17.3 Å². The minimum absolute atomic E-state index is 0.00377. The number of hydrogen-bond donors (Lipinski definition) is 2. The topological polar surface area (TPSA) is 78.7 Å². The lowest BCUT2D eigenvalue weighted by atomic mass is 9.94. The maximum atomic E-state index is 13.2. The van der Waals surface area contributed by atoms with Gasteiger partial charge in [-0.3, -0.25) is 14.5 Å². The number of benzene rings is 2. The first-order valence-electron chi connectivity index (χ1n) is 15.3. The number of piperazine rings is 1. The lowest BCUT2D eigenvalue weighted by Gasteiger charge is -2.41. The Labute approximate surface area is 254 Å². The summed E-state index contributed by atoms with van der Waals surface area (Å²) in [6.45, 7) is 18.0. The van der Waals surface area contributed by atoms with Crippen molar-refractivity contribution in [2.75, 3.05) is 26.2 Å². The van der Waals surface area contributed by atoms with Gasteiger partial charge in [-0.15, -0.1) is 0 Å². The summed E-state index contributed by atoms with van der Waals surface area (Å²) in [6.07, 6.45) is 3.86. The Balaban J connectivity index is 0.000000446. The molecule has 2 aromatic carbocycles. The lowest BCUT2D eigenvalue weighted by molar-refractivity contribution is -0.138. The predicted octanol–water partition coefficient (Wildman–Crippen LogP) is 6.40. The summed E-state index contributed by atoms with van der Waals surface area (Å²) in [7, 11) is 0. The van der Waals surface area contributed by atoms with Crippen molar-refractivity contribution >= 4 is 23.4 Å². The largest absolute Gasteiger partial charge is 0.344 e. The summed E-state index contributed by atoms with van der Waals surface area (Å²) in [4.78, 5) is 29.4. The molecule has 6 nitrogen and oxygen atoms in total. The van der Waals surface area contributed by atoms with E-state index in [9.17, 15) is 9.59 Å². The van der Waals surface area contributed by atoms with Gasteiger partial charge in [0.25, 0.3) is 0 Å². The SMILES string of the molecule is CC(=O)NC(Cc1ccc(Cl)cc1)C(=O)N1CCN(C(CC(C)C)CC(C)C)CC1.CCC(N)c1ccccc1C. The first-order valence-corrected chi connectivity index (χ1v) is 15.6. The average molecular weight is 585 g/mol. The number of carbonyl (C=O) groups is 2. The van der Waals surface area contributed by atoms with Crippen molar-refractivity contribution in [1.29, 1.82) is 0 Å². The van der Waals surface area contributed by atoms with Crippen molar-refractivity contribution in [3.8, 4) is 0 Å². The van der Waals surface area contributed by atoms with Gasteiger partial charge in [0.1, 0.15) is 6.04 Å². The second-order valence-corrected chi connectivity index (χ2v) is 12.7. The predicted molar refractivity (Wildman–Crippen MR) is 172 cm³/mol. The molecule has 1 aliphatic rings. The van der Waals surface area contributed by atoms with E-state index in [0.29, 0.717) is 42.4 Å². The third-order valence-corrected chi connectivity index (χ3v) is 7.94. The van der Waals surface area contributed by atoms with Crippen molar-refractivity contribution in [3.05, 3.63) is 70.2 Å². The van der Waals surface area contributed by atoms with Crippen LogP contribution in [0.4, 0.5) is 0 Å². The van der Waals surface area contributed by atoms with Crippen molar-refractivity contribution in [1.82, 2.24) is 15.1 Å². The maximum Gasteiger partial charge on any atom is 0.245 e. The average Bonchev–Trinajstić information content (AvgIpc) is 2.92. The zero-order valence-corrected chi connectivity index (χ0v) is 27.1. The van der Waals surface area contributed by atoms with Crippen LogP contribution in [0.1, 0.15) is 83.5 Å². The van der Waals surface area contributed by atoms with Gasteiger partial charge >= 0.3 is 0 Å². The van der Waals surface area contributed by atoms with E-state index in [2.05, 4.69) is 63.9 Å². The fourth-order valence-electron chi connectivity index (χ4n) is 5.53. The Morgan fingerprint density at radius 2 is 1.49 bits per heavy atom. The number of hydrogen-bond acceptors (Lipinski definition) is 4. The molecular formula is C34H53ClN4O2. The maximum absolute atomic E-state index is 13.2. The summed E-state index contributed by atoms with van der Waals surface area (Å²) in [6, 6.07) is 16.0. The Morgan fingerprint density at radius 3 is 1.98 bits per heavy atom. The van der Waals surface area contributed by atoms with Crippen molar-refractivity contribution in [3.63, 3.8) is 0 Å². The monoisotopic (exact) mass is 584 g/mol. The second kappa shape index (κ2) is 17.5. The van der Waals surface area contributed by atoms with E-state index in [-0.39, 0.29) is 17.9 Å². The molecule has 0 saturated carbocycles. The Hall–Kier alpha value is -2.41. The minimum Gasteiger partial charge on any atom is -0.344 e. The molecule has 3 rings (SSSR count). The summed E-state index contributed by atoms with van der Waals surface area (Å²) in [5.74, 6) is 1.15. The van der Waals surface area contributed by atoms with Gasteiger partial charge in [-0.25, -0.2) is 0 Å². The molecular weight excluding hydrogens is 532 g/mol. The molecule has 228 valence electrons. The van der Waals surface area contributed by atoms with E-state index < -0.39 is 6.04 Å². The molecule has 2 aromatic rings. The molecule has 3 N–H and O–H groups in total. The smallest absolute Gasteiger partial charge is 0.245 e. The molecule has 2 unspecified atom stereocenters. The van der Waals surface area contributed by atoms with Crippen LogP contribution in [0, 0.1) is 18.8 Å². The summed E-state index contributed by atoms with van der Waals surface area (Å²) < 4.78 is 0. The zero-order chi connectivity index (χ0) is 30.5. The highest BCUT2D eigenvalue weighted by Crippen LogP contribution is 2.21. The third kappa shape index (κ3) is 12.2. The molecule has 1 heterocycles. The van der Waals surface area contributed by atoms with Crippen LogP contribution in [0.5, 0.6) is 0 Å². The summed E-state index contributed by atoms with van der Waals surface area (Å²) in [5.41, 5.74) is 9.45. The van der Waals surface area contributed by atoms with Crippen LogP contribution in [-0.2, 0) is 16.0 Å². The number of amides is 2. The summed E-state index contributed by atoms with van der Waals surface area (Å²) in [5, 5.41) is 3.51. The molecule has 2 atom stereocenters. The standard InChI is InChI=1S/C24H38ClN3O2.C10H15N/c1-17(2)14-22(15-18(3)4)27-10-12-28(13-11-27)24(30)23(26-19(5)29)16-20-6-8-21(25)9-7-20;1-3-10(11)9-7-5-4-6-8(9)2/h6-9,17-18,22-23H,10-16H2,1-5H3,(H,26,29);4-7,10H,3,11H2,1-2H3. The van der Waals surface area contributed by atoms with Crippen LogP contribution in [-0.4, -0.2) is 59.9 Å².